The summed E-state index contributed by atoms with van der Waals surface area (Å²) in [7, 11) is 0. The number of aliphatic hydroxyl groups excluding tert-OH is 1. The third-order valence-electron chi connectivity index (χ3n) is 3.54. The molecule has 1 atom stereocenters. The number of piperidine rings is 1. The predicted molar refractivity (Wildman–Crippen MR) is 70.2 cm³/mol. The van der Waals surface area contributed by atoms with Gasteiger partial charge in [-0.05, 0) is 25.7 Å². The molecule has 1 aliphatic heterocycles. The molecule has 2 rings (SSSR count). The number of hydrogen-bond donors (Lipinski definition) is 1. The Kier molecular flexibility index (Phi) is 4.90. The number of aliphatic hydroxyl groups is 1. The highest BCUT2D eigenvalue weighted by atomic mass is 16.3. The summed E-state index contributed by atoms with van der Waals surface area (Å²) in [6.45, 7) is 6.50. The SMILES string of the molecule is C=CCCC(O)CN1CCC(n2cncn2)CC1. The van der Waals surface area contributed by atoms with Crippen LogP contribution < -0.4 is 0 Å². The highest BCUT2D eigenvalue weighted by Gasteiger charge is 2.22. The second kappa shape index (κ2) is 6.66. The number of aromatic nitrogens is 3. The lowest BCUT2D eigenvalue weighted by molar-refractivity contribution is 0.0842. The Morgan fingerprint density at radius 3 is 2.83 bits per heavy atom. The van der Waals surface area contributed by atoms with Crippen LogP contribution in [0, 0.1) is 0 Å². The quantitative estimate of drug-likeness (QED) is 0.772. The minimum atomic E-state index is -0.231. The first-order chi connectivity index (χ1) is 8.79. The van der Waals surface area contributed by atoms with E-state index in [9.17, 15) is 5.11 Å². The summed E-state index contributed by atoms with van der Waals surface area (Å²) in [5.74, 6) is 0. The largest absolute Gasteiger partial charge is 0.392 e. The maximum Gasteiger partial charge on any atom is 0.137 e. The molecule has 1 saturated heterocycles. The van der Waals surface area contributed by atoms with Crippen LogP contribution in [0.4, 0.5) is 0 Å². The van der Waals surface area contributed by atoms with Gasteiger partial charge in [-0.3, -0.25) is 0 Å². The van der Waals surface area contributed by atoms with Gasteiger partial charge in [0.05, 0.1) is 12.1 Å². The van der Waals surface area contributed by atoms with Gasteiger partial charge >= 0.3 is 0 Å². The Balaban J connectivity index is 1.71. The third kappa shape index (κ3) is 3.65. The van der Waals surface area contributed by atoms with Crippen molar-refractivity contribution >= 4 is 0 Å². The van der Waals surface area contributed by atoms with Gasteiger partial charge in [0.15, 0.2) is 0 Å². The molecular formula is C13H22N4O. The van der Waals surface area contributed by atoms with E-state index in [1.807, 2.05) is 10.8 Å². The van der Waals surface area contributed by atoms with E-state index in [1.54, 1.807) is 12.7 Å². The molecular weight excluding hydrogens is 228 g/mol. The standard InChI is InChI=1S/C13H22N4O/c1-2-3-4-13(18)9-16-7-5-12(6-8-16)17-11-14-10-15-17/h2,10-13,18H,1,3-9H2. The van der Waals surface area contributed by atoms with E-state index < -0.39 is 0 Å². The lowest BCUT2D eigenvalue weighted by atomic mass is 10.0. The molecule has 1 N–H and O–H groups in total. The van der Waals surface area contributed by atoms with Gasteiger partial charge in [-0.25, -0.2) is 9.67 Å². The molecule has 0 spiro atoms. The molecule has 0 bridgehead atoms. The van der Waals surface area contributed by atoms with Crippen LogP contribution in [0.2, 0.25) is 0 Å². The van der Waals surface area contributed by atoms with E-state index in [0.29, 0.717) is 6.04 Å². The molecule has 1 aliphatic rings. The zero-order valence-corrected chi connectivity index (χ0v) is 10.8. The smallest absolute Gasteiger partial charge is 0.137 e. The van der Waals surface area contributed by atoms with Crippen molar-refractivity contribution < 1.29 is 5.11 Å². The van der Waals surface area contributed by atoms with Crippen molar-refractivity contribution in [3.63, 3.8) is 0 Å². The molecule has 2 heterocycles. The van der Waals surface area contributed by atoms with Crippen molar-refractivity contribution in [2.75, 3.05) is 19.6 Å². The van der Waals surface area contributed by atoms with Crippen molar-refractivity contribution in [3.8, 4) is 0 Å². The molecule has 0 aromatic carbocycles. The Morgan fingerprint density at radius 2 is 2.22 bits per heavy atom. The number of β-amino-alcohol motifs (C(OH)–C–C–N with tert-alkyl or cyclic N) is 1. The van der Waals surface area contributed by atoms with Gasteiger partial charge in [0, 0.05) is 19.6 Å². The van der Waals surface area contributed by atoms with Crippen LogP contribution >= 0.6 is 0 Å². The third-order valence-corrected chi connectivity index (χ3v) is 3.54. The van der Waals surface area contributed by atoms with Gasteiger partial charge in [0.2, 0.25) is 0 Å². The Hall–Kier alpha value is -1.20. The summed E-state index contributed by atoms with van der Waals surface area (Å²) < 4.78 is 1.95. The van der Waals surface area contributed by atoms with Gasteiger partial charge < -0.3 is 10.0 Å². The van der Waals surface area contributed by atoms with Gasteiger partial charge in [-0.2, -0.15) is 5.10 Å². The average Bonchev–Trinajstić information content (AvgIpc) is 2.91. The van der Waals surface area contributed by atoms with Crippen molar-refractivity contribution in [1.29, 1.82) is 0 Å². The van der Waals surface area contributed by atoms with Crippen molar-refractivity contribution in [2.24, 2.45) is 0 Å². The van der Waals surface area contributed by atoms with Crippen LogP contribution in [0.15, 0.2) is 25.3 Å². The highest BCUT2D eigenvalue weighted by Crippen LogP contribution is 2.21. The minimum Gasteiger partial charge on any atom is -0.392 e. The maximum atomic E-state index is 9.87. The second-order valence-corrected chi connectivity index (χ2v) is 4.93. The lowest BCUT2D eigenvalue weighted by Gasteiger charge is -2.32. The fraction of sp³-hybridized carbons (Fsp3) is 0.692. The van der Waals surface area contributed by atoms with Crippen molar-refractivity contribution in [3.05, 3.63) is 25.3 Å². The maximum absolute atomic E-state index is 9.87. The zero-order chi connectivity index (χ0) is 12.8. The highest BCUT2D eigenvalue weighted by molar-refractivity contribution is 4.79. The van der Waals surface area contributed by atoms with Crippen LogP contribution in [-0.4, -0.2) is 50.5 Å². The van der Waals surface area contributed by atoms with Crippen LogP contribution in [-0.2, 0) is 0 Å². The summed E-state index contributed by atoms with van der Waals surface area (Å²) in [6.07, 6.45) is 8.87. The fourth-order valence-corrected chi connectivity index (χ4v) is 2.47. The van der Waals surface area contributed by atoms with Crippen LogP contribution in [0.3, 0.4) is 0 Å². The molecule has 0 amide bonds. The van der Waals surface area contributed by atoms with E-state index in [4.69, 9.17) is 0 Å². The van der Waals surface area contributed by atoms with Crippen LogP contribution in [0.5, 0.6) is 0 Å². The first kappa shape index (κ1) is 13.2. The molecule has 5 nitrogen and oxygen atoms in total. The first-order valence-corrected chi connectivity index (χ1v) is 6.65. The average molecular weight is 250 g/mol. The molecule has 0 aliphatic carbocycles. The fourth-order valence-electron chi connectivity index (χ4n) is 2.47. The summed E-state index contributed by atoms with van der Waals surface area (Å²) in [5, 5.41) is 14.1. The molecule has 5 heteroatoms. The molecule has 1 aromatic rings. The van der Waals surface area contributed by atoms with E-state index in [2.05, 4.69) is 21.6 Å². The van der Waals surface area contributed by atoms with Crippen molar-refractivity contribution in [1.82, 2.24) is 19.7 Å². The molecule has 0 saturated carbocycles. The van der Waals surface area contributed by atoms with Crippen LogP contribution in [0.25, 0.3) is 0 Å². The summed E-state index contributed by atoms with van der Waals surface area (Å²) in [4.78, 5) is 6.32. The van der Waals surface area contributed by atoms with Gasteiger partial charge in [-0.1, -0.05) is 6.08 Å². The molecule has 18 heavy (non-hydrogen) atoms. The predicted octanol–water partition coefficient (Wildman–Crippen LogP) is 1.24. The van der Waals surface area contributed by atoms with Gasteiger partial charge in [0.25, 0.3) is 0 Å². The first-order valence-electron chi connectivity index (χ1n) is 6.65. The Labute approximate surface area is 108 Å². The number of rotatable bonds is 6. The number of allylic oxidation sites excluding steroid dienone is 1. The molecule has 1 aromatic heterocycles. The Bertz CT molecular complexity index is 344. The van der Waals surface area contributed by atoms with Crippen LogP contribution in [0.1, 0.15) is 31.7 Å². The molecule has 100 valence electrons. The van der Waals surface area contributed by atoms with Gasteiger partial charge in [0.1, 0.15) is 12.7 Å². The molecule has 1 fully saturated rings. The van der Waals surface area contributed by atoms with Crippen molar-refractivity contribution in [2.45, 2.75) is 37.8 Å². The van der Waals surface area contributed by atoms with E-state index in [0.717, 1.165) is 45.3 Å². The summed E-state index contributed by atoms with van der Waals surface area (Å²) in [5.41, 5.74) is 0. The second-order valence-electron chi connectivity index (χ2n) is 4.93. The number of nitrogens with zero attached hydrogens (tertiary/aromatic N) is 4. The minimum absolute atomic E-state index is 0.231. The number of hydrogen-bond acceptors (Lipinski definition) is 4. The van der Waals surface area contributed by atoms with Gasteiger partial charge in [-0.15, -0.1) is 6.58 Å². The topological polar surface area (TPSA) is 54.2 Å². The molecule has 0 radical (unpaired) electrons. The molecule has 1 unspecified atom stereocenters. The summed E-state index contributed by atoms with van der Waals surface area (Å²) >= 11 is 0. The monoisotopic (exact) mass is 250 g/mol. The van der Waals surface area contributed by atoms with E-state index in [-0.39, 0.29) is 6.10 Å². The van der Waals surface area contributed by atoms with E-state index in [1.165, 1.54) is 0 Å². The lowest BCUT2D eigenvalue weighted by Crippen LogP contribution is -2.39. The Morgan fingerprint density at radius 1 is 1.44 bits per heavy atom. The zero-order valence-electron chi connectivity index (χ0n) is 10.8. The normalized spacial score (nSPS) is 19.8. The van der Waals surface area contributed by atoms with E-state index >= 15 is 0 Å². The number of likely N-dealkylation sites (tertiary alicyclic amines) is 1. The summed E-state index contributed by atoms with van der Waals surface area (Å²) in [6, 6.07) is 0.467.